The van der Waals surface area contributed by atoms with E-state index < -0.39 is 11.9 Å². The van der Waals surface area contributed by atoms with Crippen LogP contribution in [-0.4, -0.2) is 72.2 Å². The minimum absolute atomic E-state index is 0.0170. The van der Waals surface area contributed by atoms with E-state index in [1.807, 2.05) is 24.3 Å². The summed E-state index contributed by atoms with van der Waals surface area (Å²) in [5, 5.41) is 2.93. The Kier molecular flexibility index (Phi) is 7.69. The zero-order chi connectivity index (χ0) is 25.9. The fraction of sp³-hybridized carbons (Fsp3) is 0.429. The van der Waals surface area contributed by atoms with Crippen molar-refractivity contribution in [2.45, 2.75) is 44.7 Å². The first-order chi connectivity index (χ1) is 17.9. The number of carbonyl (C=O) groups is 4. The number of benzene rings is 2. The van der Waals surface area contributed by atoms with E-state index in [1.54, 1.807) is 12.1 Å². The van der Waals surface area contributed by atoms with Crippen molar-refractivity contribution in [3.8, 4) is 0 Å². The molecular weight excluding hydrogens is 494 g/mol. The van der Waals surface area contributed by atoms with Gasteiger partial charge in [-0.3, -0.25) is 29.4 Å². The van der Waals surface area contributed by atoms with Crippen LogP contribution >= 0.6 is 11.6 Å². The van der Waals surface area contributed by atoms with Crippen LogP contribution in [0.2, 0.25) is 5.02 Å². The average Bonchev–Trinajstić information content (AvgIpc) is 3.22. The molecule has 0 aromatic heterocycles. The van der Waals surface area contributed by atoms with E-state index in [0.29, 0.717) is 42.0 Å². The lowest BCUT2D eigenvalue weighted by Crippen LogP contribution is -2.52. The van der Waals surface area contributed by atoms with E-state index in [0.717, 1.165) is 56.0 Å². The van der Waals surface area contributed by atoms with Crippen LogP contribution in [0.25, 0.3) is 0 Å². The summed E-state index contributed by atoms with van der Waals surface area (Å²) in [7, 11) is 0. The third kappa shape index (κ3) is 5.76. The maximum absolute atomic E-state index is 12.9. The molecule has 1 atom stereocenters. The first-order valence-corrected chi connectivity index (χ1v) is 13.1. The largest absolute Gasteiger partial charge is 0.379 e. The molecule has 1 unspecified atom stereocenters. The topological polar surface area (TPSA) is 96.0 Å². The summed E-state index contributed by atoms with van der Waals surface area (Å²) in [6.07, 6.45) is 2.25. The van der Waals surface area contributed by atoms with E-state index >= 15 is 0 Å². The normalized spacial score (nSPS) is 20.2. The number of nitrogens with one attached hydrogen (secondary N) is 1. The highest BCUT2D eigenvalue weighted by atomic mass is 35.5. The van der Waals surface area contributed by atoms with Crippen LogP contribution in [0.15, 0.2) is 36.4 Å². The second kappa shape index (κ2) is 11.1. The number of nitrogens with zero attached hydrogens (tertiary/aromatic N) is 2. The molecule has 2 aromatic carbocycles. The van der Waals surface area contributed by atoms with Gasteiger partial charge in [0.05, 0.1) is 13.2 Å². The molecule has 37 heavy (non-hydrogen) atoms. The number of amides is 3. The SMILES string of the molecule is O=C1CCC(N2Cc3cc(CCC(=O)c4ccc(CCN5CCOCC5)c(Cl)c4)ccc3C2=O)C(=O)N1. The van der Waals surface area contributed by atoms with Crippen molar-refractivity contribution in [2.24, 2.45) is 0 Å². The average molecular weight is 524 g/mol. The highest BCUT2D eigenvalue weighted by molar-refractivity contribution is 6.31. The molecule has 0 saturated carbocycles. The quantitative estimate of drug-likeness (QED) is 0.422. The fourth-order valence-corrected chi connectivity index (χ4v) is 5.49. The number of hydrogen-bond acceptors (Lipinski definition) is 6. The lowest BCUT2D eigenvalue weighted by Gasteiger charge is -2.29. The second-order valence-electron chi connectivity index (χ2n) is 9.82. The van der Waals surface area contributed by atoms with Crippen molar-refractivity contribution < 1.29 is 23.9 Å². The van der Waals surface area contributed by atoms with Crippen LogP contribution in [-0.2, 0) is 33.7 Å². The molecular formula is C28H30ClN3O5. The number of aryl methyl sites for hydroxylation is 1. The summed E-state index contributed by atoms with van der Waals surface area (Å²) in [4.78, 5) is 53.3. The Morgan fingerprint density at radius 1 is 1.05 bits per heavy atom. The summed E-state index contributed by atoms with van der Waals surface area (Å²) in [5.41, 5.74) is 4.00. The Morgan fingerprint density at radius 2 is 1.86 bits per heavy atom. The van der Waals surface area contributed by atoms with Gasteiger partial charge in [0, 0.05) is 55.2 Å². The number of halogens is 1. The number of Topliss-reactive ketones (excluding diaryl/α,β-unsaturated/α-hetero) is 1. The van der Waals surface area contributed by atoms with Gasteiger partial charge in [-0.25, -0.2) is 0 Å². The summed E-state index contributed by atoms with van der Waals surface area (Å²) in [6.45, 7) is 4.63. The molecule has 0 spiro atoms. The van der Waals surface area contributed by atoms with Crippen LogP contribution in [0, 0.1) is 0 Å². The predicted octanol–water partition coefficient (Wildman–Crippen LogP) is 2.79. The summed E-state index contributed by atoms with van der Waals surface area (Å²) >= 11 is 6.50. The number of ether oxygens (including phenoxy) is 1. The summed E-state index contributed by atoms with van der Waals surface area (Å²) in [5.74, 6) is -0.908. The van der Waals surface area contributed by atoms with Crippen molar-refractivity contribution in [3.63, 3.8) is 0 Å². The maximum Gasteiger partial charge on any atom is 0.255 e. The highest BCUT2D eigenvalue weighted by Crippen LogP contribution is 2.29. The monoisotopic (exact) mass is 523 g/mol. The molecule has 3 aliphatic heterocycles. The minimum Gasteiger partial charge on any atom is -0.379 e. The summed E-state index contributed by atoms with van der Waals surface area (Å²) < 4.78 is 5.39. The number of imide groups is 1. The molecule has 2 saturated heterocycles. The van der Waals surface area contributed by atoms with Crippen LogP contribution in [0.5, 0.6) is 0 Å². The zero-order valence-electron chi connectivity index (χ0n) is 20.6. The third-order valence-electron chi connectivity index (χ3n) is 7.40. The molecule has 0 aliphatic carbocycles. The van der Waals surface area contributed by atoms with Gasteiger partial charge >= 0.3 is 0 Å². The fourth-order valence-electron chi connectivity index (χ4n) is 5.21. The van der Waals surface area contributed by atoms with Gasteiger partial charge in [-0.05, 0) is 48.1 Å². The van der Waals surface area contributed by atoms with Crippen molar-refractivity contribution in [1.82, 2.24) is 15.1 Å². The van der Waals surface area contributed by atoms with Crippen molar-refractivity contribution in [1.29, 1.82) is 0 Å². The molecule has 3 amide bonds. The summed E-state index contributed by atoms with van der Waals surface area (Å²) in [6, 6.07) is 10.5. The first kappa shape index (κ1) is 25.6. The van der Waals surface area contributed by atoms with Gasteiger partial charge in [0.2, 0.25) is 11.8 Å². The molecule has 8 nitrogen and oxygen atoms in total. The number of morpholine rings is 1. The van der Waals surface area contributed by atoms with Crippen molar-refractivity contribution in [2.75, 3.05) is 32.8 Å². The molecule has 3 heterocycles. The van der Waals surface area contributed by atoms with E-state index in [-0.39, 0.29) is 24.0 Å². The highest BCUT2D eigenvalue weighted by Gasteiger charge is 2.39. The van der Waals surface area contributed by atoms with E-state index in [4.69, 9.17) is 16.3 Å². The number of carbonyl (C=O) groups excluding carboxylic acids is 4. The lowest BCUT2D eigenvalue weighted by atomic mass is 9.99. The number of piperidine rings is 1. The number of hydrogen-bond donors (Lipinski definition) is 1. The second-order valence-corrected chi connectivity index (χ2v) is 10.2. The van der Waals surface area contributed by atoms with Crippen LogP contribution in [0.4, 0.5) is 0 Å². The van der Waals surface area contributed by atoms with Gasteiger partial charge in [-0.1, -0.05) is 35.9 Å². The van der Waals surface area contributed by atoms with Gasteiger partial charge in [-0.15, -0.1) is 0 Å². The van der Waals surface area contributed by atoms with Crippen molar-refractivity contribution in [3.05, 3.63) is 69.2 Å². The van der Waals surface area contributed by atoms with Crippen molar-refractivity contribution >= 4 is 35.1 Å². The van der Waals surface area contributed by atoms with E-state index in [9.17, 15) is 19.2 Å². The Labute approximate surface area is 220 Å². The predicted molar refractivity (Wildman–Crippen MR) is 138 cm³/mol. The smallest absolute Gasteiger partial charge is 0.255 e. The number of rotatable bonds is 8. The molecule has 2 fully saturated rings. The molecule has 0 radical (unpaired) electrons. The van der Waals surface area contributed by atoms with Crippen LogP contribution < -0.4 is 5.32 Å². The first-order valence-electron chi connectivity index (χ1n) is 12.8. The van der Waals surface area contributed by atoms with Crippen LogP contribution in [0.3, 0.4) is 0 Å². The van der Waals surface area contributed by atoms with Gasteiger partial charge < -0.3 is 9.64 Å². The third-order valence-corrected chi connectivity index (χ3v) is 7.76. The van der Waals surface area contributed by atoms with Crippen LogP contribution in [0.1, 0.15) is 56.7 Å². The van der Waals surface area contributed by atoms with Gasteiger partial charge in [0.25, 0.3) is 5.91 Å². The molecule has 5 rings (SSSR count). The standard InChI is InChI=1S/C28H30ClN3O5/c29-23-16-20(4-3-19(23)9-10-31-11-13-37-14-12-31)25(33)7-2-18-1-5-22-21(15-18)17-32(28(22)36)24-6-8-26(34)30-27(24)35/h1,3-5,15-16,24H,2,6-14,17H2,(H,30,34,35). The molecule has 194 valence electrons. The minimum atomic E-state index is -0.635. The Morgan fingerprint density at radius 3 is 2.62 bits per heavy atom. The molecule has 0 bridgehead atoms. The van der Waals surface area contributed by atoms with Gasteiger partial charge in [-0.2, -0.15) is 0 Å². The van der Waals surface area contributed by atoms with Gasteiger partial charge in [0.15, 0.2) is 5.78 Å². The lowest BCUT2D eigenvalue weighted by molar-refractivity contribution is -0.136. The van der Waals surface area contributed by atoms with Gasteiger partial charge in [0.1, 0.15) is 6.04 Å². The Hall–Kier alpha value is -3.07. The maximum atomic E-state index is 12.9. The Balaban J connectivity index is 1.17. The zero-order valence-corrected chi connectivity index (χ0v) is 21.4. The molecule has 2 aromatic rings. The molecule has 1 N–H and O–H groups in total. The molecule has 9 heteroatoms. The Bertz CT molecular complexity index is 1240. The molecule has 3 aliphatic rings. The number of fused-ring (bicyclic) bond motifs is 1. The number of ketones is 1. The van der Waals surface area contributed by atoms with E-state index in [1.165, 1.54) is 4.90 Å². The van der Waals surface area contributed by atoms with E-state index in [2.05, 4.69) is 10.2 Å².